The van der Waals surface area contributed by atoms with E-state index in [0.29, 0.717) is 18.1 Å². The van der Waals surface area contributed by atoms with Crippen molar-refractivity contribution >= 4 is 0 Å². The molecule has 0 N–H and O–H groups in total. The number of benzene rings is 1. The normalized spacial score (nSPS) is 10.8. The molecule has 0 unspecified atom stereocenters. The summed E-state index contributed by atoms with van der Waals surface area (Å²) < 4.78 is 10.6. The van der Waals surface area contributed by atoms with Gasteiger partial charge in [0.2, 0.25) is 0 Å². The van der Waals surface area contributed by atoms with Gasteiger partial charge in [-0.1, -0.05) is 13.8 Å². The van der Waals surface area contributed by atoms with E-state index in [1.165, 1.54) is 0 Å². The number of methoxy groups -OCH3 is 2. The molecule has 1 rings (SSSR count). The number of rotatable bonds is 8. The minimum Gasteiger partial charge on any atom is -0.496 e. The second kappa shape index (κ2) is 8.57. The van der Waals surface area contributed by atoms with E-state index >= 15 is 0 Å². The topological polar surface area (TPSA) is 45.5 Å². The first-order valence-corrected chi connectivity index (χ1v) is 6.89. The SMILES string of the molecule is COCCN(Cc1cc(C#N)ccc1OC)CC(C)C. The van der Waals surface area contributed by atoms with E-state index in [1.807, 2.05) is 12.1 Å². The fourth-order valence-corrected chi connectivity index (χ4v) is 2.18. The molecule has 0 heterocycles. The molecule has 0 aromatic heterocycles. The molecule has 0 aliphatic rings. The van der Waals surface area contributed by atoms with Crippen molar-refractivity contribution < 1.29 is 9.47 Å². The first-order valence-electron chi connectivity index (χ1n) is 6.89. The van der Waals surface area contributed by atoms with E-state index in [9.17, 15) is 0 Å². The fourth-order valence-electron chi connectivity index (χ4n) is 2.18. The molecule has 0 aliphatic heterocycles. The Bertz CT molecular complexity index is 452. The zero-order valence-corrected chi connectivity index (χ0v) is 12.8. The zero-order chi connectivity index (χ0) is 15.0. The van der Waals surface area contributed by atoms with Gasteiger partial charge in [-0.25, -0.2) is 0 Å². The highest BCUT2D eigenvalue weighted by Gasteiger charge is 2.12. The molecule has 0 fully saturated rings. The summed E-state index contributed by atoms with van der Waals surface area (Å²) in [6.07, 6.45) is 0. The Kier molecular flexibility index (Phi) is 7.06. The van der Waals surface area contributed by atoms with Gasteiger partial charge in [0.15, 0.2) is 0 Å². The van der Waals surface area contributed by atoms with Crippen molar-refractivity contribution in [2.45, 2.75) is 20.4 Å². The zero-order valence-electron chi connectivity index (χ0n) is 12.8. The van der Waals surface area contributed by atoms with Gasteiger partial charge in [0.25, 0.3) is 0 Å². The van der Waals surface area contributed by atoms with Crippen LogP contribution in [0.15, 0.2) is 18.2 Å². The van der Waals surface area contributed by atoms with Crippen LogP contribution in [-0.4, -0.2) is 38.8 Å². The summed E-state index contributed by atoms with van der Waals surface area (Å²) in [6, 6.07) is 7.72. The minimum atomic E-state index is 0.581. The van der Waals surface area contributed by atoms with Crippen molar-refractivity contribution in [1.82, 2.24) is 4.90 Å². The van der Waals surface area contributed by atoms with Crippen LogP contribution in [0, 0.1) is 17.2 Å². The van der Waals surface area contributed by atoms with Crippen LogP contribution in [0.25, 0.3) is 0 Å². The molecule has 1 aromatic rings. The smallest absolute Gasteiger partial charge is 0.123 e. The van der Waals surface area contributed by atoms with Gasteiger partial charge in [-0.2, -0.15) is 5.26 Å². The van der Waals surface area contributed by atoms with Crippen molar-refractivity contribution in [1.29, 1.82) is 5.26 Å². The largest absolute Gasteiger partial charge is 0.496 e. The quantitative estimate of drug-likeness (QED) is 0.732. The van der Waals surface area contributed by atoms with Crippen LogP contribution < -0.4 is 4.74 Å². The van der Waals surface area contributed by atoms with Gasteiger partial charge < -0.3 is 9.47 Å². The Morgan fingerprint density at radius 1 is 1.30 bits per heavy atom. The molecule has 0 radical (unpaired) electrons. The second-order valence-electron chi connectivity index (χ2n) is 5.26. The number of nitriles is 1. The van der Waals surface area contributed by atoms with E-state index in [1.54, 1.807) is 20.3 Å². The highest BCUT2D eigenvalue weighted by atomic mass is 16.5. The van der Waals surface area contributed by atoms with Crippen LogP contribution in [-0.2, 0) is 11.3 Å². The Labute approximate surface area is 121 Å². The van der Waals surface area contributed by atoms with E-state index in [2.05, 4.69) is 24.8 Å². The van der Waals surface area contributed by atoms with E-state index in [-0.39, 0.29) is 0 Å². The predicted octanol–water partition coefficient (Wildman–Crippen LogP) is 2.67. The van der Waals surface area contributed by atoms with Gasteiger partial charge in [0.05, 0.1) is 25.3 Å². The van der Waals surface area contributed by atoms with Crippen LogP contribution in [0.1, 0.15) is 25.0 Å². The van der Waals surface area contributed by atoms with Crippen LogP contribution in [0.3, 0.4) is 0 Å². The van der Waals surface area contributed by atoms with Crippen molar-refractivity contribution in [3.8, 4) is 11.8 Å². The summed E-state index contributed by atoms with van der Waals surface area (Å²) in [4.78, 5) is 2.33. The fraction of sp³-hybridized carbons (Fsp3) is 0.562. The lowest BCUT2D eigenvalue weighted by Crippen LogP contribution is -2.30. The third-order valence-corrected chi connectivity index (χ3v) is 3.04. The molecular weight excluding hydrogens is 252 g/mol. The summed E-state index contributed by atoms with van der Waals surface area (Å²) in [5.74, 6) is 1.41. The van der Waals surface area contributed by atoms with Gasteiger partial charge in [-0.15, -0.1) is 0 Å². The van der Waals surface area contributed by atoms with Gasteiger partial charge in [-0.05, 0) is 24.1 Å². The lowest BCUT2D eigenvalue weighted by atomic mass is 10.1. The van der Waals surface area contributed by atoms with Crippen molar-refractivity contribution in [2.75, 3.05) is 33.9 Å². The van der Waals surface area contributed by atoms with Gasteiger partial charge in [0, 0.05) is 32.3 Å². The van der Waals surface area contributed by atoms with Gasteiger partial charge in [0.1, 0.15) is 5.75 Å². The molecule has 110 valence electrons. The second-order valence-corrected chi connectivity index (χ2v) is 5.26. The predicted molar refractivity (Wildman–Crippen MR) is 79.7 cm³/mol. The van der Waals surface area contributed by atoms with Crippen LogP contribution in [0.5, 0.6) is 5.75 Å². The maximum atomic E-state index is 9.02. The molecule has 0 atom stereocenters. The van der Waals surface area contributed by atoms with E-state index in [0.717, 1.165) is 30.9 Å². The molecule has 0 aliphatic carbocycles. The number of hydrogen-bond acceptors (Lipinski definition) is 4. The van der Waals surface area contributed by atoms with Crippen molar-refractivity contribution in [3.63, 3.8) is 0 Å². The molecular formula is C16H24N2O2. The van der Waals surface area contributed by atoms with Crippen LogP contribution >= 0.6 is 0 Å². The minimum absolute atomic E-state index is 0.581. The monoisotopic (exact) mass is 276 g/mol. The molecule has 0 amide bonds. The third-order valence-electron chi connectivity index (χ3n) is 3.04. The molecule has 0 saturated heterocycles. The molecule has 20 heavy (non-hydrogen) atoms. The summed E-state index contributed by atoms with van der Waals surface area (Å²) in [6.45, 7) is 7.72. The summed E-state index contributed by atoms with van der Waals surface area (Å²) >= 11 is 0. The average Bonchev–Trinajstić information content (AvgIpc) is 2.44. The molecule has 4 nitrogen and oxygen atoms in total. The van der Waals surface area contributed by atoms with Crippen molar-refractivity contribution in [2.24, 2.45) is 5.92 Å². The average molecular weight is 276 g/mol. The Morgan fingerprint density at radius 2 is 2.05 bits per heavy atom. The molecule has 1 aromatic carbocycles. The highest BCUT2D eigenvalue weighted by molar-refractivity contribution is 5.42. The van der Waals surface area contributed by atoms with Crippen molar-refractivity contribution in [3.05, 3.63) is 29.3 Å². The van der Waals surface area contributed by atoms with Gasteiger partial charge in [-0.3, -0.25) is 4.90 Å². The molecule has 0 bridgehead atoms. The maximum absolute atomic E-state index is 9.02. The lowest BCUT2D eigenvalue weighted by molar-refractivity contribution is 0.135. The number of nitrogens with zero attached hydrogens (tertiary/aromatic N) is 2. The summed E-state index contributed by atoms with van der Waals surface area (Å²) in [5, 5.41) is 9.02. The Hall–Kier alpha value is -1.57. The molecule has 0 saturated carbocycles. The molecule has 0 spiro atoms. The first-order chi connectivity index (χ1) is 9.60. The van der Waals surface area contributed by atoms with E-state index in [4.69, 9.17) is 14.7 Å². The molecule has 4 heteroatoms. The first kappa shape index (κ1) is 16.5. The standard InChI is InChI=1S/C16H24N2O2/c1-13(2)11-18(7-8-19-3)12-15-9-14(10-17)5-6-16(15)20-4/h5-6,9,13H,7-8,11-12H2,1-4H3. The van der Waals surface area contributed by atoms with E-state index < -0.39 is 0 Å². The third kappa shape index (κ3) is 5.20. The van der Waals surface area contributed by atoms with Gasteiger partial charge >= 0.3 is 0 Å². The number of ether oxygens (including phenoxy) is 2. The Balaban J connectivity index is 2.87. The Morgan fingerprint density at radius 3 is 2.60 bits per heavy atom. The van der Waals surface area contributed by atoms with Crippen LogP contribution in [0.4, 0.5) is 0 Å². The number of hydrogen-bond donors (Lipinski definition) is 0. The summed E-state index contributed by atoms with van der Waals surface area (Å²) in [5.41, 5.74) is 1.71. The summed E-state index contributed by atoms with van der Waals surface area (Å²) in [7, 11) is 3.37. The lowest BCUT2D eigenvalue weighted by Gasteiger charge is -2.25. The maximum Gasteiger partial charge on any atom is 0.123 e. The highest BCUT2D eigenvalue weighted by Crippen LogP contribution is 2.21. The van der Waals surface area contributed by atoms with Crippen LogP contribution in [0.2, 0.25) is 0 Å².